The lowest BCUT2D eigenvalue weighted by molar-refractivity contribution is 0.612. The molecule has 1 heterocycles. The van der Waals surface area contributed by atoms with Gasteiger partial charge in [0.25, 0.3) is 0 Å². The van der Waals surface area contributed by atoms with Crippen LogP contribution in [-0.4, -0.2) is 15.0 Å². The fourth-order valence-electron chi connectivity index (χ4n) is 3.86. The number of rotatable bonds is 3. The van der Waals surface area contributed by atoms with Crippen LogP contribution < -0.4 is 0 Å². The van der Waals surface area contributed by atoms with Gasteiger partial charge < -0.3 is 0 Å². The van der Waals surface area contributed by atoms with Gasteiger partial charge in [-0.3, -0.25) is 0 Å². The van der Waals surface area contributed by atoms with Crippen LogP contribution >= 0.6 is 0 Å². The van der Waals surface area contributed by atoms with E-state index in [0.29, 0.717) is 11.8 Å². The van der Waals surface area contributed by atoms with E-state index in [2.05, 4.69) is 24.3 Å². The van der Waals surface area contributed by atoms with Crippen molar-refractivity contribution < 1.29 is 0 Å². The number of hydrogen-bond acceptors (Lipinski definition) is 3. The molecule has 3 heteroatoms. The van der Waals surface area contributed by atoms with Crippen molar-refractivity contribution in [3.63, 3.8) is 0 Å². The molecule has 114 valence electrons. The molecule has 2 aliphatic rings. The number of nitrogens with zero attached hydrogens (tertiary/aromatic N) is 3. The smallest absolute Gasteiger partial charge is 0.163 e. The fraction of sp³-hybridized carbons (Fsp3) is 0.526. The molecule has 0 radical (unpaired) electrons. The van der Waals surface area contributed by atoms with Crippen molar-refractivity contribution in [1.82, 2.24) is 15.0 Å². The monoisotopic (exact) mass is 293 g/mol. The number of benzene rings is 1. The van der Waals surface area contributed by atoms with Gasteiger partial charge in [-0.05, 0) is 25.7 Å². The Morgan fingerprint density at radius 1 is 0.636 bits per heavy atom. The summed E-state index contributed by atoms with van der Waals surface area (Å²) < 4.78 is 0. The molecule has 0 spiro atoms. The van der Waals surface area contributed by atoms with E-state index in [9.17, 15) is 0 Å². The molecular weight excluding hydrogens is 270 g/mol. The Hall–Kier alpha value is -1.77. The van der Waals surface area contributed by atoms with E-state index in [1.807, 2.05) is 6.07 Å². The van der Waals surface area contributed by atoms with Crippen molar-refractivity contribution in [2.45, 2.75) is 63.2 Å². The standard InChI is InChI=1S/C19H23N3/c1-2-8-14(9-3-1)17-20-18(15-10-4-5-11-15)22-19(21-17)16-12-6-7-13-16/h1-3,8-9,15-16H,4-7,10-13H2. The van der Waals surface area contributed by atoms with Crippen molar-refractivity contribution in [3.8, 4) is 11.4 Å². The molecule has 0 bridgehead atoms. The summed E-state index contributed by atoms with van der Waals surface area (Å²) in [6.45, 7) is 0. The first-order valence-corrected chi connectivity index (χ1v) is 8.71. The zero-order chi connectivity index (χ0) is 14.8. The van der Waals surface area contributed by atoms with Crippen molar-refractivity contribution in [2.75, 3.05) is 0 Å². The Bertz CT molecular complexity index is 592. The molecule has 0 saturated heterocycles. The molecule has 0 N–H and O–H groups in total. The molecule has 4 rings (SSSR count). The summed E-state index contributed by atoms with van der Waals surface area (Å²) in [7, 11) is 0. The first kappa shape index (κ1) is 13.9. The predicted octanol–water partition coefficient (Wildman–Crippen LogP) is 4.85. The third-order valence-electron chi connectivity index (χ3n) is 5.14. The van der Waals surface area contributed by atoms with Gasteiger partial charge in [-0.2, -0.15) is 0 Å². The lowest BCUT2D eigenvalue weighted by Gasteiger charge is -2.14. The van der Waals surface area contributed by atoms with Crippen molar-refractivity contribution in [3.05, 3.63) is 42.0 Å². The molecule has 3 nitrogen and oxygen atoms in total. The van der Waals surface area contributed by atoms with Crippen LogP contribution in [0.4, 0.5) is 0 Å². The van der Waals surface area contributed by atoms with Crippen LogP contribution in [0.2, 0.25) is 0 Å². The summed E-state index contributed by atoms with van der Waals surface area (Å²) in [5.41, 5.74) is 1.11. The van der Waals surface area contributed by atoms with Gasteiger partial charge in [0.05, 0.1) is 0 Å². The Balaban J connectivity index is 1.76. The van der Waals surface area contributed by atoms with E-state index in [1.165, 1.54) is 51.4 Å². The lowest BCUT2D eigenvalue weighted by Crippen LogP contribution is -2.10. The van der Waals surface area contributed by atoms with Gasteiger partial charge in [0, 0.05) is 17.4 Å². The fourth-order valence-corrected chi connectivity index (χ4v) is 3.86. The third kappa shape index (κ3) is 2.77. The first-order chi connectivity index (χ1) is 10.9. The second-order valence-electron chi connectivity index (χ2n) is 6.70. The Morgan fingerprint density at radius 3 is 1.64 bits per heavy atom. The number of aromatic nitrogens is 3. The SMILES string of the molecule is c1ccc(-c2nc(C3CCCC3)nc(C3CCCC3)n2)cc1. The average molecular weight is 293 g/mol. The van der Waals surface area contributed by atoms with Gasteiger partial charge >= 0.3 is 0 Å². The van der Waals surface area contributed by atoms with Crippen LogP contribution in [0.1, 0.15) is 74.9 Å². The summed E-state index contributed by atoms with van der Waals surface area (Å²) in [5, 5.41) is 0. The van der Waals surface area contributed by atoms with E-state index in [4.69, 9.17) is 15.0 Å². The second-order valence-corrected chi connectivity index (χ2v) is 6.70. The molecular formula is C19H23N3. The minimum atomic E-state index is 0.547. The Kier molecular flexibility index (Phi) is 3.88. The topological polar surface area (TPSA) is 38.7 Å². The van der Waals surface area contributed by atoms with Crippen LogP contribution in [0.3, 0.4) is 0 Å². The molecule has 1 aromatic carbocycles. The van der Waals surface area contributed by atoms with Gasteiger partial charge in [-0.15, -0.1) is 0 Å². The van der Waals surface area contributed by atoms with E-state index in [1.54, 1.807) is 0 Å². The third-order valence-corrected chi connectivity index (χ3v) is 5.14. The maximum atomic E-state index is 4.90. The van der Waals surface area contributed by atoms with Gasteiger partial charge in [0.2, 0.25) is 0 Å². The number of hydrogen-bond donors (Lipinski definition) is 0. The zero-order valence-corrected chi connectivity index (χ0v) is 13.0. The predicted molar refractivity (Wildman–Crippen MR) is 87.7 cm³/mol. The van der Waals surface area contributed by atoms with Crippen molar-refractivity contribution >= 4 is 0 Å². The van der Waals surface area contributed by atoms with Crippen LogP contribution in [-0.2, 0) is 0 Å². The highest BCUT2D eigenvalue weighted by molar-refractivity contribution is 5.54. The van der Waals surface area contributed by atoms with Crippen LogP contribution in [0.15, 0.2) is 30.3 Å². The minimum absolute atomic E-state index is 0.547. The summed E-state index contributed by atoms with van der Waals surface area (Å²) in [4.78, 5) is 14.6. The quantitative estimate of drug-likeness (QED) is 0.811. The normalized spacial score (nSPS) is 19.8. The van der Waals surface area contributed by atoms with E-state index >= 15 is 0 Å². The molecule has 0 aliphatic heterocycles. The van der Waals surface area contributed by atoms with Gasteiger partial charge in [-0.1, -0.05) is 56.0 Å². The summed E-state index contributed by atoms with van der Waals surface area (Å²) in [6, 6.07) is 10.4. The highest BCUT2D eigenvalue weighted by atomic mass is 15.0. The van der Waals surface area contributed by atoms with Gasteiger partial charge in [-0.25, -0.2) is 15.0 Å². The van der Waals surface area contributed by atoms with Crippen LogP contribution in [0.5, 0.6) is 0 Å². The molecule has 1 aromatic heterocycles. The molecule has 0 atom stereocenters. The molecule has 2 fully saturated rings. The Labute approximate surface area is 132 Å². The Morgan fingerprint density at radius 2 is 1.14 bits per heavy atom. The summed E-state index contributed by atoms with van der Waals surface area (Å²) >= 11 is 0. The maximum Gasteiger partial charge on any atom is 0.163 e. The van der Waals surface area contributed by atoms with E-state index < -0.39 is 0 Å². The van der Waals surface area contributed by atoms with Crippen molar-refractivity contribution in [2.24, 2.45) is 0 Å². The highest BCUT2D eigenvalue weighted by Crippen LogP contribution is 2.36. The molecule has 0 unspecified atom stereocenters. The van der Waals surface area contributed by atoms with Crippen LogP contribution in [0, 0.1) is 0 Å². The maximum absolute atomic E-state index is 4.90. The molecule has 0 amide bonds. The summed E-state index contributed by atoms with van der Waals surface area (Å²) in [6.07, 6.45) is 10.2. The summed E-state index contributed by atoms with van der Waals surface area (Å²) in [5.74, 6) is 4.07. The highest BCUT2D eigenvalue weighted by Gasteiger charge is 2.25. The lowest BCUT2D eigenvalue weighted by atomic mass is 10.1. The molecule has 2 aromatic rings. The second kappa shape index (κ2) is 6.15. The van der Waals surface area contributed by atoms with E-state index in [-0.39, 0.29) is 0 Å². The minimum Gasteiger partial charge on any atom is -0.217 e. The zero-order valence-electron chi connectivity index (χ0n) is 13.0. The molecule has 2 aliphatic carbocycles. The van der Waals surface area contributed by atoms with Crippen molar-refractivity contribution in [1.29, 1.82) is 0 Å². The van der Waals surface area contributed by atoms with E-state index in [0.717, 1.165) is 23.0 Å². The average Bonchev–Trinajstić information content (AvgIpc) is 3.29. The van der Waals surface area contributed by atoms with Crippen LogP contribution in [0.25, 0.3) is 11.4 Å². The van der Waals surface area contributed by atoms with Gasteiger partial charge in [0.15, 0.2) is 5.82 Å². The van der Waals surface area contributed by atoms with Gasteiger partial charge in [0.1, 0.15) is 11.6 Å². The molecule has 22 heavy (non-hydrogen) atoms. The molecule has 2 saturated carbocycles. The largest absolute Gasteiger partial charge is 0.217 e. The first-order valence-electron chi connectivity index (χ1n) is 8.71.